The molecule has 0 unspecified atom stereocenters. The molecule has 0 aliphatic rings. The van der Waals surface area contributed by atoms with E-state index in [4.69, 9.17) is 5.26 Å². The topological polar surface area (TPSA) is 63.0 Å². The van der Waals surface area contributed by atoms with Crippen LogP contribution in [0, 0.1) is 11.3 Å². The number of pyridine rings is 1. The van der Waals surface area contributed by atoms with E-state index in [9.17, 15) is 4.79 Å². The zero-order chi connectivity index (χ0) is 9.68. The molecule has 1 heterocycles. The Morgan fingerprint density at radius 3 is 2.92 bits per heavy atom. The van der Waals surface area contributed by atoms with Crippen LogP contribution in [0.5, 0.6) is 0 Å². The third-order valence-electron chi connectivity index (χ3n) is 1.52. The Hall–Kier alpha value is -1.89. The molecule has 0 fully saturated rings. The minimum Gasteiger partial charge on any atom is -0.469 e. The van der Waals surface area contributed by atoms with Crippen LogP contribution >= 0.6 is 0 Å². The summed E-state index contributed by atoms with van der Waals surface area (Å²) in [5, 5.41) is 8.45. The maximum atomic E-state index is 10.8. The smallest absolute Gasteiger partial charge is 0.310 e. The molecule has 0 atom stereocenters. The highest BCUT2D eigenvalue weighted by atomic mass is 16.5. The van der Waals surface area contributed by atoms with Crippen LogP contribution < -0.4 is 0 Å². The van der Waals surface area contributed by atoms with Gasteiger partial charge >= 0.3 is 5.97 Å². The second-order valence-electron chi connectivity index (χ2n) is 2.42. The van der Waals surface area contributed by atoms with Gasteiger partial charge in [0.2, 0.25) is 0 Å². The molecule has 4 nitrogen and oxygen atoms in total. The van der Waals surface area contributed by atoms with E-state index in [1.807, 2.05) is 6.07 Å². The van der Waals surface area contributed by atoms with E-state index in [0.717, 1.165) is 5.56 Å². The van der Waals surface area contributed by atoms with E-state index in [1.165, 1.54) is 13.3 Å². The van der Waals surface area contributed by atoms with Crippen molar-refractivity contribution in [1.82, 2.24) is 4.98 Å². The normalized spacial score (nSPS) is 8.92. The van der Waals surface area contributed by atoms with Gasteiger partial charge in [-0.1, -0.05) is 6.07 Å². The van der Waals surface area contributed by atoms with Crippen molar-refractivity contribution in [2.75, 3.05) is 7.11 Å². The number of hydrogen-bond donors (Lipinski definition) is 0. The highest BCUT2D eigenvalue weighted by Gasteiger charge is 2.02. The maximum Gasteiger partial charge on any atom is 0.310 e. The Labute approximate surface area is 75.8 Å². The van der Waals surface area contributed by atoms with Crippen LogP contribution in [0.3, 0.4) is 0 Å². The number of carbonyl (C=O) groups excluding carboxylic acids is 1. The number of rotatable bonds is 2. The van der Waals surface area contributed by atoms with E-state index >= 15 is 0 Å². The predicted octanol–water partition coefficient (Wildman–Crippen LogP) is 0.669. The van der Waals surface area contributed by atoms with Crippen molar-refractivity contribution in [2.24, 2.45) is 0 Å². The Morgan fingerprint density at radius 1 is 1.69 bits per heavy atom. The van der Waals surface area contributed by atoms with E-state index < -0.39 is 0 Å². The summed E-state index contributed by atoms with van der Waals surface area (Å²) in [4.78, 5) is 14.6. The Balaban J connectivity index is 2.71. The van der Waals surface area contributed by atoms with E-state index in [1.54, 1.807) is 12.1 Å². The summed E-state index contributed by atoms with van der Waals surface area (Å²) in [6.45, 7) is 0. The van der Waals surface area contributed by atoms with Gasteiger partial charge in [0.05, 0.1) is 13.5 Å². The van der Waals surface area contributed by atoms with Gasteiger partial charge in [0.25, 0.3) is 0 Å². The molecule has 0 spiro atoms. The molecular formula is C9H8N2O2. The van der Waals surface area contributed by atoms with Gasteiger partial charge in [0, 0.05) is 6.20 Å². The monoisotopic (exact) mass is 176 g/mol. The quantitative estimate of drug-likeness (QED) is 0.621. The second kappa shape index (κ2) is 4.21. The molecule has 0 aliphatic heterocycles. The molecule has 1 aromatic rings. The first kappa shape index (κ1) is 9.20. The summed E-state index contributed by atoms with van der Waals surface area (Å²) in [6, 6.07) is 5.14. The SMILES string of the molecule is COC(=O)Cc1ccc(C#N)nc1. The molecule has 1 rings (SSSR count). The fraction of sp³-hybridized carbons (Fsp3) is 0.222. The van der Waals surface area contributed by atoms with Crippen LogP contribution in [0.4, 0.5) is 0 Å². The summed E-state index contributed by atoms with van der Waals surface area (Å²) >= 11 is 0. The van der Waals surface area contributed by atoms with Crippen molar-refractivity contribution < 1.29 is 9.53 Å². The Kier molecular flexibility index (Phi) is 2.98. The van der Waals surface area contributed by atoms with Gasteiger partial charge in [-0.05, 0) is 11.6 Å². The summed E-state index contributed by atoms with van der Waals surface area (Å²) in [5.41, 5.74) is 1.08. The molecule has 0 N–H and O–H groups in total. The average Bonchev–Trinajstić information content (AvgIpc) is 2.19. The third kappa shape index (κ3) is 2.56. The van der Waals surface area contributed by atoms with E-state index in [2.05, 4.69) is 9.72 Å². The first-order chi connectivity index (χ1) is 6.26. The van der Waals surface area contributed by atoms with Crippen LogP contribution in [0.25, 0.3) is 0 Å². The van der Waals surface area contributed by atoms with Crippen molar-refractivity contribution in [1.29, 1.82) is 5.26 Å². The van der Waals surface area contributed by atoms with Gasteiger partial charge in [0.15, 0.2) is 0 Å². The molecule has 1 aromatic heterocycles. The number of ether oxygens (including phenoxy) is 1. The Bertz CT molecular complexity index is 338. The molecule has 0 saturated carbocycles. The van der Waals surface area contributed by atoms with Gasteiger partial charge in [0.1, 0.15) is 11.8 Å². The molecule has 66 valence electrons. The fourth-order valence-electron chi connectivity index (χ4n) is 0.834. The largest absolute Gasteiger partial charge is 0.469 e. The van der Waals surface area contributed by atoms with Crippen LogP contribution in [-0.4, -0.2) is 18.1 Å². The number of methoxy groups -OCH3 is 1. The highest BCUT2D eigenvalue weighted by molar-refractivity contribution is 5.72. The summed E-state index contributed by atoms with van der Waals surface area (Å²) < 4.78 is 4.48. The number of hydrogen-bond acceptors (Lipinski definition) is 4. The van der Waals surface area contributed by atoms with E-state index in [0.29, 0.717) is 5.69 Å². The summed E-state index contributed by atoms with van der Waals surface area (Å²) in [6.07, 6.45) is 1.69. The number of carbonyl (C=O) groups is 1. The molecule has 0 saturated heterocycles. The first-order valence-electron chi connectivity index (χ1n) is 3.68. The van der Waals surface area contributed by atoms with Gasteiger partial charge in [-0.3, -0.25) is 4.79 Å². The van der Waals surface area contributed by atoms with Crippen molar-refractivity contribution in [3.05, 3.63) is 29.6 Å². The second-order valence-corrected chi connectivity index (χ2v) is 2.42. The number of aromatic nitrogens is 1. The maximum absolute atomic E-state index is 10.8. The molecule has 4 heteroatoms. The first-order valence-corrected chi connectivity index (χ1v) is 3.68. The lowest BCUT2D eigenvalue weighted by Gasteiger charge is -1.98. The average molecular weight is 176 g/mol. The molecule has 0 amide bonds. The fourth-order valence-corrected chi connectivity index (χ4v) is 0.834. The third-order valence-corrected chi connectivity index (χ3v) is 1.52. The predicted molar refractivity (Wildman–Crippen MR) is 44.7 cm³/mol. The molecule has 0 aliphatic carbocycles. The van der Waals surface area contributed by atoms with Crippen LogP contribution in [-0.2, 0) is 16.0 Å². The number of esters is 1. The lowest BCUT2D eigenvalue weighted by Crippen LogP contribution is -2.04. The molecule has 0 radical (unpaired) electrons. The van der Waals surface area contributed by atoms with Gasteiger partial charge in [-0.2, -0.15) is 5.26 Å². The number of nitrogens with zero attached hydrogens (tertiary/aromatic N) is 2. The van der Waals surface area contributed by atoms with Crippen molar-refractivity contribution in [2.45, 2.75) is 6.42 Å². The Morgan fingerprint density at radius 2 is 2.46 bits per heavy atom. The van der Waals surface area contributed by atoms with Crippen LogP contribution in [0.1, 0.15) is 11.3 Å². The highest BCUT2D eigenvalue weighted by Crippen LogP contribution is 2.00. The van der Waals surface area contributed by atoms with Crippen LogP contribution in [0.15, 0.2) is 18.3 Å². The lowest BCUT2D eigenvalue weighted by molar-refractivity contribution is -0.139. The zero-order valence-electron chi connectivity index (χ0n) is 7.15. The van der Waals surface area contributed by atoms with Crippen LogP contribution in [0.2, 0.25) is 0 Å². The molecular weight excluding hydrogens is 168 g/mol. The van der Waals surface area contributed by atoms with Crippen molar-refractivity contribution in [3.63, 3.8) is 0 Å². The minimum atomic E-state index is -0.313. The molecule has 0 aromatic carbocycles. The summed E-state index contributed by atoms with van der Waals surface area (Å²) in [7, 11) is 1.33. The van der Waals surface area contributed by atoms with Crippen molar-refractivity contribution in [3.8, 4) is 6.07 Å². The van der Waals surface area contributed by atoms with Gasteiger partial charge < -0.3 is 4.74 Å². The lowest BCUT2D eigenvalue weighted by atomic mass is 10.2. The van der Waals surface area contributed by atoms with Gasteiger partial charge in [-0.15, -0.1) is 0 Å². The minimum absolute atomic E-state index is 0.190. The standard InChI is InChI=1S/C9H8N2O2/c1-13-9(12)4-7-2-3-8(5-10)11-6-7/h2-3,6H,4H2,1H3. The zero-order valence-corrected chi connectivity index (χ0v) is 7.15. The van der Waals surface area contributed by atoms with E-state index in [-0.39, 0.29) is 12.4 Å². The van der Waals surface area contributed by atoms with Gasteiger partial charge in [-0.25, -0.2) is 4.98 Å². The summed E-state index contributed by atoms with van der Waals surface area (Å²) in [5.74, 6) is -0.313. The molecule has 0 bridgehead atoms. The molecule has 13 heavy (non-hydrogen) atoms. The number of nitriles is 1. The van der Waals surface area contributed by atoms with Crippen molar-refractivity contribution >= 4 is 5.97 Å².